The van der Waals surface area contributed by atoms with E-state index in [1.165, 1.54) is 0 Å². The minimum atomic E-state index is -0.555. The summed E-state index contributed by atoms with van der Waals surface area (Å²) in [6.45, 7) is 2.20. The summed E-state index contributed by atoms with van der Waals surface area (Å²) in [7, 11) is 1.58. The molecule has 3 atom stereocenters. The number of pyridine rings is 1. The number of H-pyrrole nitrogens is 1. The van der Waals surface area contributed by atoms with Crippen LogP contribution in [0, 0.1) is 6.92 Å². The number of aromatic nitrogens is 2. The lowest BCUT2D eigenvalue weighted by atomic mass is 10.2. The first-order valence-electron chi connectivity index (χ1n) is 6.63. The number of rotatable bonds is 3. The highest BCUT2D eigenvalue weighted by Crippen LogP contribution is 2.31. The van der Waals surface area contributed by atoms with Gasteiger partial charge in [-0.1, -0.05) is 0 Å². The second-order valence-corrected chi connectivity index (χ2v) is 5.19. The zero-order valence-corrected chi connectivity index (χ0v) is 11.5. The lowest BCUT2D eigenvalue weighted by molar-refractivity contribution is -0.0520. The van der Waals surface area contributed by atoms with Crippen molar-refractivity contribution in [2.24, 2.45) is 0 Å². The van der Waals surface area contributed by atoms with E-state index in [9.17, 15) is 9.90 Å². The SMILES string of the molecule is COCC1OC(n2ccc3c(=O)[nH]c(C)cc32)C[C@H]1O. The summed E-state index contributed by atoms with van der Waals surface area (Å²) in [5, 5.41) is 10.6. The molecule has 0 aliphatic carbocycles. The molecule has 20 heavy (non-hydrogen) atoms. The van der Waals surface area contributed by atoms with Crippen molar-refractivity contribution in [2.75, 3.05) is 13.7 Å². The van der Waals surface area contributed by atoms with Crippen molar-refractivity contribution < 1.29 is 14.6 Å². The van der Waals surface area contributed by atoms with Gasteiger partial charge in [0, 0.05) is 25.4 Å². The number of fused-ring (bicyclic) bond motifs is 1. The van der Waals surface area contributed by atoms with Gasteiger partial charge in [0.05, 0.1) is 23.6 Å². The van der Waals surface area contributed by atoms with Gasteiger partial charge in [0.25, 0.3) is 5.56 Å². The molecule has 1 aliphatic heterocycles. The van der Waals surface area contributed by atoms with E-state index in [4.69, 9.17) is 9.47 Å². The molecule has 0 saturated carbocycles. The van der Waals surface area contributed by atoms with Crippen LogP contribution in [0.1, 0.15) is 18.3 Å². The molecule has 0 aromatic carbocycles. The van der Waals surface area contributed by atoms with Crippen LogP contribution in [0.15, 0.2) is 23.1 Å². The third-order valence-electron chi connectivity index (χ3n) is 3.71. The number of aryl methyl sites for hydroxylation is 1. The summed E-state index contributed by atoms with van der Waals surface area (Å²) in [5.74, 6) is 0. The molecule has 2 N–H and O–H groups in total. The van der Waals surface area contributed by atoms with Crippen molar-refractivity contribution in [1.29, 1.82) is 0 Å². The third kappa shape index (κ3) is 2.15. The van der Waals surface area contributed by atoms with E-state index < -0.39 is 6.10 Å². The van der Waals surface area contributed by atoms with Gasteiger partial charge in [-0.3, -0.25) is 4.79 Å². The van der Waals surface area contributed by atoms with Gasteiger partial charge in [0.2, 0.25) is 0 Å². The fourth-order valence-electron chi connectivity index (χ4n) is 2.74. The normalized spacial score (nSPS) is 26.4. The fraction of sp³-hybridized carbons (Fsp3) is 0.500. The number of hydrogen-bond donors (Lipinski definition) is 2. The number of hydrogen-bond acceptors (Lipinski definition) is 4. The third-order valence-corrected chi connectivity index (χ3v) is 3.71. The van der Waals surface area contributed by atoms with Gasteiger partial charge in [-0.15, -0.1) is 0 Å². The molecule has 6 nitrogen and oxygen atoms in total. The predicted molar refractivity (Wildman–Crippen MR) is 73.7 cm³/mol. The van der Waals surface area contributed by atoms with Crippen LogP contribution in [0.2, 0.25) is 0 Å². The van der Waals surface area contributed by atoms with E-state index in [0.29, 0.717) is 18.4 Å². The molecular formula is C14H18N2O4. The Morgan fingerprint density at radius 3 is 3.15 bits per heavy atom. The lowest BCUT2D eigenvalue weighted by Gasteiger charge is -2.16. The molecule has 6 heteroatoms. The topological polar surface area (TPSA) is 76.5 Å². The minimum Gasteiger partial charge on any atom is -0.390 e. The number of aromatic amines is 1. The highest BCUT2D eigenvalue weighted by Gasteiger charge is 2.35. The van der Waals surface area contributed by atoms with Crippen LogP contribution < -0.4 is 5.56 Å². The maximum Gasteiger partial charge on any atom is 0.257 e. The van der Waals surface area contributed by atoms with Gasteiger partial charge in [-0.25, -0.2) is 0 Å². The molecule has 3 rings (SSSR count). The number of methoxy groups -OCH3 is 1. The van der Waals surface area contributed by atoms with Gasteiger partial charge in [-0.2, -0.15) is 0 Å². The Balaban J connectivity index is 1.98. The average Bonchev–Trinajstić information content (AvgIpc) is 2.94. The molecule has 1 saturated heterocycles. The molecule has 108 valence electrons. The Morgan fingerprint density at radius 1 is 1.60 bits per heavy atom. The first-order chi connectivity index (χ1) is 9.60. The van der Waals surface area contributed by atoms with Crippen molar-refractivity contribution in [2.45, 2.75) is 31.8 Å². The molecule has 0 amide bonds. The fourth-order valence-corrected chi connectivity index (χ4v) is 2.74. The van der Waals surface area contributed by atoms with Crippen molar-refractivity contribution in [1.82, 2.24) is 9.55 Å². The molecule has 0 radical (unpaired) electrons. The van der Waals surface area contributed by atoms with Crippen molar-refractivity contribution >= 4 is 10.9 Å². The smallest absolute Gasteiger partial charge is 0.257 e. The van der Waals surface area contributed by atoms with Crippen molar-refractivity contribution in [3.05, 3.63) is 34.4 Å². The minimum absolute atomic E-state index is 0.106. The van der Waals surface area contributed by atoms with Crippen LogP contribution in [0.4, 0.5) is 0 Å². The summed E-state index contributed by atoms with van der Waals surface area (Å²) in [5.41, 5.74) is 1.52. The second kappa shape index (κ2) is 5.05. The molecule has 2 aromatic heterocycles. The summed E-state index contributed by atoms with van der Waals surface area (Å²) in [4.78, 5) is 14.7. The van der Waals surface area contributed by atoms with Crippen LogP contribution in [0.25, 0.3) is 10.9 Å². The van der Waals surface area contributed by atoms with Crippen LogP contribution >= 0.6 is 0 Å². The summed E-state index contributed by atoms with van der Waals surface area (Å²) >= 11 is 0. The number of aliphatic hydroxyl groups is 1. The largest absolute Gasteiger partial charge is 0.390 e. The van der Waals surface area contributed by atoms with E-state index in [0.717, 1.165) is 11.2 Å². The predicted octanol–water partition coefficient (Wildman–Crippen LogP) is 0.933. The Bertz CT molecular complexity index is 675. The quantitative estimate of drug-likeness (QED) is 0.876. The maximum atomic E-state index is 11.9. The highest BCUT2D eigenvalue weighted by atomic mass is 16.6. The van der Waals surface area contributed by atoms with Gasteiger partial charge in [-0.05, 0) is 19.1 Å². The first-order valence-corrected chi connectivity index (χ1v) is 6.63. The maximum absolute atomic E-state index is 11.9. The molecule has 2 aromatic rings. The van der Waals surface area contributed by atoms with E-state index in [-0.39, 0.29) is 17.9 Å². The number of ether oxygens (including phenoxy) is 2. The zero-order valence-electron chi connectivity index (χ0n) is 11.5. The Labute approximate surface area is 115 Å². The molecular weight excluding hydrogens is 260 g/mol. The van der Waals surface area contributed by atoms with Crippen molar-refractivity contribution in [3.8, 4) is 0 Å². The van der Waals surface area contributed by atoms with Crippen LogP contribution in [-0.4, -0.2) is 40.6 Å². The molecule has 0 bridgehead atoms. The average molecular weight is 278 g/mol. The van der Waals surface area contributed by atoms with E-state index >= 15 is 0 Å². The highest BCUT2D eigenvalue weighted by molar-refractivity contribution is 5.79. The van der Waals surface area contributed by atoms with Crippen molar-refractivity contribution in [3.63, 3.8) is 0 Å². The molecule has 1 aliphatic rings. The lowest BCUT2D eigenvalue weighted by Crippen LogP contribution is -2.25. The van der Waals surface area contributed by atoms with Gasteiger partial charge >= 0.3 is 0 Å². The van der Waals surface area contributed by atoms with Gasteiger partial charge in [0.1, 0.15) is 12.3 Å². The molecule has 1 fully saturated rings. The van der Waals surface area contributed by atoms with Gasteiger partial charge < -0.3 is 24.1 Å². The molecule has 0 spiro atoms. The van der Waals surface area contributed by atoms with Crippen LogP contribution in [0.3, 0.4) is 0 Å². The monoisotopic (exact) mass is 278 g/mol. The summed E-state index contributed by atoms with van der Waals surface area (Å²) in [6.07, 6.45) is 1.16. The summed E-state index contributed by atoms with van der Waals surface area (Å²) in [6, 6.07) is 3.68. The van der Waals surface area contributed by atoms with Crippen LogP contribution in [-0.2, 0) is 9.47 Å². The molecule has 3 heterocycles. The second-order valence-electron chi connectivity index (χ2n) is 5.19. The number of aliphatic hydroxyl groups excluding tert-OH is 1. The van der Waals surface area contributed by atoms with E-state index in [1.807, 2.05) is 23.8 Å². The van der Waals surface area contributed by atoms with Gasteiger partial charge in [0.15, 0.2) is 0 Å². The Kier molecular flexibility index (Phi) is 3.37. The standard InChI is InChI=1S/C14H18N2O4/c1-8-5-10-9(14(18)15-8)3-4-16(10)13-6-11(17)12(20-13)7-19-2/h3-5,11-13,17H,6-7H2,1-2H3,(H,15,18)/t11-,12?,13?/m1/s1. The summed E-state index contributed by atoms with van der Waals surface area (Å²) < 4.78 is 12.8. The molecule has 2 unspecified atom stereocenters. The van der Waals surface area contributed by atoms with Crippen LogP contribution in [0.5, 0.6) is 0 Å². The Morgan fingerprint density at radius 2 is 2.40 bits per heavy atom. The van der Waals surface area contributed by atoms with E-state index in [1.54, 1.807) is 13.2 Å². The van der Waals surface area contributed by atoms with E-state index in [2.05, 4.69) is 4.98 Å². The number of nitrogens with one attached hydrogen (secondary N) is 1. The zero-order chi connectivity index (χ0) is 14.3. The Hall–Kier alpha value is -1.63. The first kappa shape index (κ1) is 13.4. The number of nitrogens with zero attached hydrogens (tertiary/aromatic N) is 1.